The molecule has 0 fully saturated rings. The Bertz CT molecular complexity index is 1800. The topological polar surface area (TPSA) is 124 Å². The van der Waals surface area contributed by atoms with Gasteiger partial charge in [-0.05, 0) is 30.5 Å². The van der Waals surface area contributed by atoms with Crippen molar-refractivity contribution in [2.45, 2.75) is 25.7 Å². The van der Waals surface area contributed by atoms with Crippen LogP contribution in [-0.4, -0.2) is 75.9 Å². The van der Waals surface area contributed by atoms with Gasteiger partial charge < -0.3 is 42.6 Å². The molecule has 0 saturated heterocycles. The van der Waals surface area contributed by atoms with Crippen molar-refractivity contribution in [3.63, 3.8) is 0 Å². The first-order chi connectivity index (χ1) is 26.2. The molecule has 0 aliphatic heterocycles. The van der Waals surface area contributed by atoms with Gasteiger partial charge in [0.05, 0.1) is 70.2 Å². The molecule has 4 rings (SSSR count). The van der Waals surface area contributed by atoms with Gasteiger partial charge >= 0.3 is 0 Å². The van der Waals surface area contributed by atoms with E-state index in [0.717, 1.165) is 21.5 Å². The summed E-state index contributed by atoms with van der Waals surface area (Å²) < 4.78 is 54.1. The summed E-state index contributed by atoms with van der Waals surface area (Å²) >= 11 is 0. The van der Waals surface area contributed by atoms with Crippen LogP contribution in [0, 0.1) is 23.2 Å². The number of ether oxygens (including phenoxy) is 9. The average molecular weight is 757 g/mol. The van der Waals surface area contributed by atoms with E-state index in [1.165, 1.54) is 0 Å². The molecule has 11 nitrogen and oxygen atoms in total. The maximum absolute atomic E-state index is 13.4. The summed E-state index contributed by atoms with van der Waals surface area (Å²) in [6.45, 7) is 0. The zero-order valence-corrected chi connectivity index (χ0v) is 33.2. The normalized spacial score (nSPS) is 10.6. The second-order valence-electron chi connectivity index (χ2n) is 11.9. The van der Waals surface area contributed by atoms with E-state index in [4.69, 9.17) is 47.9 Å². The fraction of sp³-hybridized carbons (Fsp3) is 0.333. The maximum atomic E-state index is 13.4. The van der Waals surface area contributed by atoms with E-state index >= 15 is 0 Å². The highest BCUT2D eigenvalue weighted by Crippen LogP contribution is 2.66. The summed E-state index contributed by atoms with van der Waals surface area (Å²) in [6, 6.07) is 20.1. The van der Waals surface area contributed by atoms with E-state index in [-0.39, 0.29) is 12.2 Å². The number of hydrogen-bond donors (Lipinski definition) is 0. The van der Waals surface area contributed by atoms with Gasteiger partial charge in [0, 0.05) is 60.7 Å². The highest BCUT2D eigenvalue weighted by molar-refractivity contribution is 7.96. The van der Waals surface area contributed by atoms with Crippen molar-refractivity contribution in [1.82, 2.24) is 0 Å². The summed E-state index contributed by atoms with van der Waals surface area (Å²) in [7, 11) is 11.1. The summed E-state index contributed by atoms with van der Waals surface area (Å²) in [4.78, 5) is 13.4. The predicted molar refractivity (Wildman–Crippen MR) is 210 cm³/mol. The molecule has 4 aromatic rings. The van der Waals surface area contributed by atoms with Crippen LogP contribution in [0.25, 0.3) is 0 Å². The summed E-state index contributed by atoms with van der Waals surface area (Å²) in [6.07, 6.45) is 2.23. The quantitative estimate of drug-likeness (QED) is 0.0644. The standard InChI is InChI=1S/C42H47NO10P/c1-45-31-22-34(48-4)40(35(23-31)49-5)54(41-36(50-6)24-32(46-2)25-37(41)51-7,42-38(52-8)26-33(47-3)27-39(42)53-9)20-11-10-14-30(44)21-29-17-15-28(16-18-29)13-12-19-43/h15-18,22-27H,10-11,14,20-21H2,1-9H3/q+1. The summed E-state index contributed by atoms with van der Waals surface area (Å²) in [5, 5.41) is 10.9. The number of nitriles is 1. The molecule has 0 N–H and O–H groups in total. The molecule has 12 heteroatoms. The van der Waals surface area contributed by atoms with Gasteiger partial charge in [0.15, 0.2) is 56.5 Å². The Kier molecular flexibility index (Phi) is 14.7. The first-order valence-electron chi connectivity index (χ1n) is 17.0. The minimum absolute atomic E-state index is 0.0913. The van der Waals surface area contributed by atoms with Crippen molar-refractivity contribution in [3.05, 3.63) is 71.8 Å². The lowest BCUT2D eigenvalue weighted by Crippen LogP contribution is -2.38. The molecular weight excluding hydrogens is 709 g/mol. The molecule has 0 aromatic heterocycles. The molecule has 0 atom stereocenters. The molecule has 0 radical (unpaired) electrons. The van der Waals surface area contributed by atoms with Crippen molar-refractivity contribution in [3.8, 4) is 69.7 Å². The Morgan fingerprint density at radius 3 is 1.24 bits per heavy atom. The molecule has 0 spiro atoms. The number of carbonyl (C=O) groups is 1. The van der Waals surface area contributed by atoms with Gasteiger partial charge in [-0.1, -0.05) is 18.1 Å². The fourth-order valence-electron chi connectivity index (χ4n) is 6.55. The highest BCUT2D eigenvalue weighted by atomic mass is 31.2. The lowest BCUT2D eigenvalue weighted by atomic mass is 10.0. The van der Waals surface area contributed by atoms with Crippen molar-refractivity contribution in [2.24, 2.45) is 0 Å². The molecule has 0 aliphatic carbocycles. The molecule has 54 heavy (non-hydrogen) atoms. The maximum Gasteiger partial charge on any atom is 0.188 e. The summed E-state index contributed by atoms with van der Waals surface area (Å²) in [5.74, 6) is 9.84. The molecule has 0 saturated carbocycles. The average Bonchev–Trinajstić information content (AvgIpc) is 3.22. The molecular formula is C42H47NO10P+. The number of benzene rings is 4. The van der Waals surface area contributed by atoms with Gasteiger partial charge in [0.2, 0.25) is 0 Å². The number of Topliss-reactive ketones (excluding diaryl/α,β-unsaturated/α-hetero) is 1. The largest absolute Gasteiger partial charge is 0.496 e. The smallest absolute Gasteiger partial charge is 0.188 e. The molecule has 284 valence electrons. The van der Waals surface area contributed by atoms with E-state index < -0.39 is 7.26 Å². The fourth-order valence-corrected chi connectivity index (χ4v) is 11.8. The van der Waals surface area contributed by atoms with Gasteiger partial charge in [-0.2, -0.15) is 5.26 Å². The monoisotopic (exact) mass is 756 g/mol. The first-order valence-corrected chi connectivity index (χ1v) is 19.0. The van der Waals surface area contributed by atoms with Crippen LogP contribution in [0.3, 0.4) is 0 Å². The zero-order valence-electron chi connectivity index (χ0n) is 32.3. The lowest BCUT2D eigenvalue weighted by molar-refractivity contribution is -0.118. The summed E-state index contributed by atoms with van der Waals surface area (Å²) in [5.41, 5.74) is 1.59. The number of hydrogen-bond acceptors (Lipinski definition) is 11. The SMILES string of the molecule is COc1cc(OC)c([P+](CCCCC(=O)Cc2ccc(C#CC#N)cc2)(c2c(OC)cc(OC)cc2OC)c2c(OC)cc(OC)cc2OC)c(OC)c1. The number of methoxy groups -OCH3 is 9. The van der Waals surface area contributed by atoms with Crippen LogP contribution < -0.4 is 58.5 Å². The number of unbranched alkanes of at least 4 members (excludes halogenated alkanes) is 1. The zero-order chi connectivity index (χ0) is 39.3. The molecule has 4 aromatic carbocycles. The minimum Gasteiger partial charge on any atom is -0.496 e. The second-order valence-corrected chi connectivity index (χ2v) is 15.3. The van der Waals surface area contributed by atoms with Gasteiger partial charge in [-0.15, -0.1) is 0 Å². The van der Waals surface area contributed by atoms with Gasteiger partial charge in [0.25, 0.3) is 0 Å². The van der Waals surface area contributed by atoms with Gasteiger partial charge in [-0.3, -0.25) is 4.79 Å². The lowest BCUT2D eigenvalue weighted by Gasteiger charge is -2.33. The van der Waals surface area contributed by atoms with Crippen LogP contribution in [0.4, 0.5) is 0 Å². The van der Waals surface area contributed by atoms with E-state index in [1.54, 1.807) is 64.0 Å². The molecule has 0 amide bonds. The molecule has 0 heterocycles. The van der Waals surface area contributed by atoms with E-state index in [9.17, 15) is 4.79 Å². The minimum atomic E-state index is -3.17. The van der Waals surface area contributed by atoms with Crippen LogP contribution in [0.1, 0.15) is 30.4 Å². The van der Waals surface area contributed by atoms with Crippen LogP contribution in [0.5, 0.6) is 51.7 Å². The van der Waals surface area contributed by atoms with E-state index in [0.29, 0.717) is 82.7 Å². The number of nitrogens with zero attached hydrogens (tertiary/aromatic N) is 1. The third kappa shape index (κ3) is 8.71. The highest BCUT2D eigenvalue weighted by Gasteiger charge is 2.57. The Labute approximate surface area is 318 Å². The van der Waals surface area contributed by atoms with Crippen LogP contribution in [0.2, 0.25) is 0 Å². The van der Waals surface area contributed by atoms with Crippen LogP contribution in [0.15, 0.2) is 60.7 Å². The number of ketones is 1. The number of carbonyl (C=O) groups excluding carboxylic acids is 1. The Balaban J connectivity index is 2.00. The Morgan fingerprint density at radius 1 is 0.556 bits per heavy atom. The van der Waals surface area contributed by atoms with Crippen molar-refractivity contribution >= 4 is 29.0 Å². The van der Waals surface area contributed by atoms with Gasteiger partial charge in [-0.25, -0.2) is 0 Å². The molecule has 0 bridgehead atoms. The third-order valence-corrected chi connectivity index (χ3v) is 13.6. The Morgan fingerprint density at radius 2 is 0.926 bits per heavy atom. The molecule has 0 unspecified atom stereocenters. The molecule has 0 aliphatic rings. The van der Waals surface area contributed by atoms with Crippen molar-refractivity contribution < 1.29 is 47.4 Å². The predicted octanol–water partition coefficient (Wildman–Crippen LogP) is 5.92. The van der Waals surface area contributed by atoms with E-state index in [2.05, 4.69) is 11.8 Å². The van der Waals surface area contributed by atoms with Crippen LogP contribution >= 0.6 is 7.26 Å². The van der Waals surface area contributed by atoms with Crippen LogP contribution in [-0.2, 0) is 11.2 Å². The Hall–Kier alpha value is -5.77. The second kappa shape index (κ2) is 19.3. The van der Waals surface area contributed by atoms with Crippen molar-refractivity contribution in [2.75, 3.05) is 70.2 Å². The third-order valence-electron chi connectivity index (χ3n) is 9.03. The van der Waals surface area contributed by atoms with Gasteiger partial charge in [0.1, 0.15) is 30.3 Å². The van der Waals surface area contributed by atoms with E-state index in [1.807, 2.05) is 66.7 Å². The van der Waals surface area contributed by atoms with Crippen molar-refractivity contribution in [1.29, 1.82) is 5.26 Å². The first kappa shape index (κ1) is 41.0. The number of rotatable bonds is 19.